The molecule has 6 heavy (non-hydrogen) atoms. The van der Waals surface area contributed by atoms with Crippen LogP contribution in [0.2, 0.25) is 0 Å². The molecule has 0 aromatic rings. The van der Waals surface area contributed by atoms with Crippen LogP contribution in [-0.4, -0.2) is 6.54 Å². The van der Waals surface area contributed by atoms with E-state index in [1.165, 1.54) is 0 Å². The van der Waals surface area contributed by atoms with Crippen LogP contribution in [0.1, 0.15) is 6.42 Å². The van der Waals surface area contributed by atoms with Crippen molar-refractivity contribution >= 4 is 0 Å². The van der Waals surface area contributed by atoms with Crippen LogP contribution in [-0.2, 0) is 32.7 Å². The molecule has 0 amide bonds. The van der Waals surface area contributed by atoms with Crippen molar-refractivity contribution in [1.29, 1.82) is 0 Å². The topological polar surface area (TPSA) is 26.0 Å². The molecule has 0 aromatic carbocycles. The molecule has 1 radical (unpaired) electrons. The Morgan fingerprint density at radius 2 is 1.67 bits per heavy atom. The zero-order chi connectivity index (χ0) is 3.41. The molecule has 0 aliphatic carbocycles. The Hall–Kier alpha value is 1.06. The molecule has 2 heteroatoms. The molecule has 0 bridgehead atoms. The molecule has 0 aromatic heterocycles. The van der Waals surface area contributed by atoms with Crippen LogP contribution in [0.5, 0.6) is 0 Å². The molecular formula is C4H11NY-2. The standard InChI is InChI=1S/C3H8N.CH3.Y/c1-2-3-4;;/h1-4H2;1H3;/q2*-1;. The van der Waals surface area contributed by atoms with E-state index in [4.69, 9.17) is 5.73 Å². The van der Waals surface area contributed by atoms with Crippen LogP contribution in [0.3, 0.4) is 0 Å². The van der Waals surface area contributed by atoms with Crippen molar-refractivity contribution in [3.05, 3.63) is 14.4 Å². The van der Waals surface area contributed by atoms with Gasteiger partial charge in [0.25, 0.3) is 0 Å². The molecule has 37 valence electrons. The summed E-state index contributed by atoms with van der Waals surface area (Å²) in [5, 5.41) is 0. The fourth-order valence-corrected chi connectivity index (χ4v) is 0. The molecule has 0 atom stereocenters. The van der Waals surface area contributed by atoms with E-state index >= 15 is 0 Å². The van der Waals surface area contributed by atoms with Gasteiger partial charge in [-0.1, -0.05) is 0 Å². The first-order chi connectivity index (χ1) is 1.91. The second kappa shape index (κ2) is 16.6. The smallest absolute Gasteiger partial charge is 0 e. The minimum atomic E-state index is 0. The Kier molecular flexibility index (Phi) is 43.4. The van der Waals surface area contributed by atoms with Crippen molar-refractivity contribution in [1.82, 2.24) is 0 Å². The first-order valence-electron chi connectivity index (χ1n) is 1.41. The Morgan fingerprint density at radius 3 is 1.67 bits per heavy atom. The van der Waals surface area contributed by atoms with Gasteiger partial charge in [-0.15, -0.1) is 0 Å². The third-order valence-electron chi connectivity index (χ3n) is 0.204. The molecule has 0 heterocycles. The molecule has 0 rings (SSSR count). The van der Waals surface area contributed by atoms with E-state index in [2.05, 4.69) is 6.92 Å². The first kappa shape index (κ1) is 15.7. The van der Waals surface area contributed by atoms with Crippen molar-refractivity contribution in [3.63, 3.8) is 0 Å². The summed E-state index contributed by atoms with van der Waals surface area (Å²) in [7, 11) is 0. The summed E-state index contributed by atoms with van der Waals surface area (Å²) in [5.41, 5.74) is 4.97. The molecule has 0 saturated heterocycles. The predicted octanol–water partition coefficient (Wildman–Crippen LogP) is 0.617. The van der Waals surface area contributed by atoms with E-state index in [-0.39, 0.29) is 40.1 Å². The van der Waals surface area contributed by atoms with Gasteiger partial charge in [-0.3, -0.25) is 0 Å². The summed E-state index contributed by atoms with van der Waals surface area (Å²) in [6, 6.07) is 0. The quantitative estimate of drug-likeness (QED) is 0.562. The van der Waals surface area contributed by atoms with Gasteiger partial charge < -0.3 is 20.1 Å². The fourth-order valence-electron chi connectivity index (χ4n) is 0. The molecule has 0 saturated carbocycles. The summed E-state index contributed by atoms with van der Waals surface area (Å²) in [6.07, 6.45) is 0.847. The van der Waals surface area contributed by atoms with Crippen molar-refractivity contribution in [2.75, 3.05) is 6.54 Å². The maximum Gasteiger partial charge on any atom is 0 e. The van der Waals surface area contributed by atoms with Crippen molar-refractivity contribution in [2.24, 2.45) is 5.73 Å². The maximum absolute atomic E-state index is 4.97. The monoisotopic (exact) mass is 162 g/mol. The van der Waals surface area contributed by atoms with Crippen molar-refractivity contribution in [3.8, 4) is 0 Å². The number of rotatable bonds is 1. The van der Waals surface area contributed by atoms with Crippen LogP contribution in [0.15, 0.2) is 0 Å². The number of hydrogen-bond donors (Lipinski definition) is 1. The van der Waals surface area contributed by atoms with Gasteiger partial charge in [0, 0.05) is 32.7 Å². The van der Waals surface area contributed by atoms with Crippen LogP contribution >= 0.6 is 0 Å². The Labute approximate surface area is 65.6 Å². The zero-order valence-corrected chi connectivity index (χ0v) is 7.11. The first-order valence-corrected chi connectivity index (χ1v) is 1.41. The molecule has 0 aliphatic heterocycles. The fraction of sp³-hybridized carbons (Fsp3) is 0.500. The van der Waals surface area contributed by atoms with Crippen molar-refractivity contribution in [2.45, 2.75) is 6.42 Å². The Morgan fingerprint density at radius 1 is 1.50 bits per heavy atom. The molecule has 0 unspecified atom stereocenters. The minimum absolute atomic E-state index is 0. The van der Waals surface area contributed by atoms with Gasteiger partial charge in [0.15, 0.2) is 0 Å². The average molecular weight is 162 g/mol. The van der Waals surface area contributed by atoms with Gasteiger partial charge in [0.2, 0.25) is 0 Å². The SMILES string of the molecule is [CH2-]CCN.[CH3-].[Y]. The van der Waals surface area contributed by atoms with Gasteiger partial charge in [-0.05, 0) is 6.54 Å². The number of nitrogens with two attached hydrogens (primary N) is 1. The van der Waals surface area contributed by atoms with Gasteiger partial charge in [-0.2, -0.15) is 6.42 Å². The Bertz CT molecular complexity index is 9.51. The molecule has 1 nitrogen and oxygen atoms in total. The summed E-state index contributed by atoms with van der Waals surface area (Å²) < 4.78 is 0. The molecular weight excluding hydrogens is 151 g/mol. The second-order valence-corrected chi connectivity index (χ2v) is 0.642. The molecule has 0 spiro atoms. The van der Waals surface area contributed by atoms with Crippen LogP contribution in [0.4, 0.5) is 0 Å². The Balaban J connectivity index is -0.0000000450. The van der Waals surface area contributed by atoms with Gasteiger partial charge in [0.1, 0.15) is 0 Å². The minimum Gasteiger partial charge on any atom is -0.358 e. The number of hydrogen-bond acceptors (Lipinski definition) is 1. The third-order valence-corrected chi connectivity index (χ3v) is 0.204. The molecule has 0 fully saturated rings. The summed E-state index contributed by atoms with van der Waals surface area (Å²) in [5.74, 6) is 0. The van der Waals surface area contributed by atoms with E-state index < -0.39 is 0 Å². The van der Waals surface area contributed by atoms with E-state index in [9.17, 15) is 0 Å². The van der Waals surface area contributed by atoms with Crippen molar-refractivity contribution < 1.29 is 32.7 Å². The summed E-state index contributed by atoms with van der Waals surface area (Å²) in [6.45, 7) is 4.19. The maximum atomic E-state index is 4.97. The van der Waals surface area contributed by atoms with E-state index in [0.717, 1.165) is 6.42 Å². The van der Waals surface area contributed by atoms with E-state index in [1.807, 2.05) is 0 Å². The normalized spacial score (nSPS) is 5.00. The van der Waals surface area contributed by atoms with E-state index in [0.29, 0.717) is 6.54 Å². The zero-order valence-electron chi connectivity index (χ0n) is 4.28. The van der Waals surface area contributed by atoms with Gasteiger partial charge >= 0.3 is 0 Å². The summed E-state index contributed by atoms with van der Waals surface area (Å²) >= 11 is 0. The average Bonchev–Trinajstić information content (AvgIpc) is 1.37. The largest absolute Gasteiger partial charge is 0.358 e. The third kappa shape index (κ3) is 19.6. The van der Waals surface area contributed by atoms with E-state index in [1.54, 1.807) is 0 Å². The van der Waals surface area contributed by atoms with Crippen LogP contribution in [0, 0.1) is 14.4 Å². The van der Waals surface area contributed by atoms with Crippen LogP contribution in [0.25, 0.3) is 0 Å². The summed E-state index contributed by atoms with van der Waals surface area (Å²) in [4.78, 5) is 0. The molecule has 2 N–H and O–H groups in total. The molecule has 0 aliphatic rings. The predicted molar refractivity (Wildman–Crippen MR) is 25.4 cm³/mol. The van der Waals surface area contributed by atoms with Gasteiger partial charge in [0.05, 0.1) is 0 Å². The van der Waals surface area contributed by atoms with Gasteiger partial charge in [-0.25, -0.2) is 0 Å². The second-order valence-electron chi connectivity index (χ2n) is 0.642. The van der Waals surface area contributed by atoms with Crippen LogP contribution < -0.4 is 5.73 Å².